The minimum absolute atomic E-state index is 0.631. The van der Waals surface area contributed by atoms with E-state index in [0.29, 0.717) is 5.82 Å². The summed E-state index contributed by atoms with van der Waals surface area (Å²) in [6.45, 7) is 6.07. The summed E-state index contributed by atoms with van der Waals surface area (Å²) in [5, 5.41) is 1.08. The number of nitrogens with zero attached hydrogens (tertiary/aromatic N) is 1. The van der Waals surface area contributed by atoms with E-state index in [1.807, 2.05) is 19.9 Å². The van der Waals surface area contributed by atoms with Gasteiger partial charge in [-0.15, -0.1) is 11.3 Å². The van der Waals surface area contributed by atoms with Gasteiger partial charge in [0.25, 0.3) is 0 Å². The highest BCUT2D eigenvalue weighted by Crippen LogP contribution is 2.27. The quantitative estimate of drug-likeness (QED) is 0.699. The summed E-state index contributed by atoms with van der Waals surface area (Å²) in [6, 6.07) is 4.06. The van der Waals surface area contributed by atoms with Crippen LogP contribution in [0.25, 0.3) is 10.1 Å². The van der Waals surface area contributed by atoms with Crippen molar-refractivity contribution in [2.24, 2.45) is 0 Å². The number of anilines is 1. The van der Waals surface area contributed by atoms with Gasteiger partial charge in [0.1, 0.15) is 5.82 Å². The number of nitrogen functional groups attached to an aromatic ring is 1. The third-order valence-electron chi connectivity index (χ3n) is 1.60. The van der Waals surface area contributed by atoms with Crippen molar-refractivity contribution in [1.82, 2.24) is 4.98 Å². The van der Waals surface area contributed by atoms with Crippen molar-refractivity contribution in [3.63, 3.8) is 0 Å². The minimum Gasteiger partial charge on any atom is -0.383 e. The molecule has 2 rings (SSSR count). The first-order valence-corrected chi connectivity index (χ1v) is 5.19. The SMILES string of the molecule is CC.Cc1cc2c(N)nccc2s1. The fourth-order valence-electron chi connectivity index (χ4n) is 1.11. The third kappa shape index (κ3) is 1.98. The average Bonchev–Trinajstić information content (AvgIpc) is 2.51. The van der Waals surface area contributed by atoms with Gasteiger partial charge in [0.05, 0.1) is 0 Å². The van der Waals surface area contributed by atoms with Crippen LogP contribution in [0.3, 0.4) is 0 Å². The van der Waals surface area contributed by atoms with Crippen LogP contribution >= 0.6 is 11.3 Å². The summed E-state index contributed by atoms with van der Waals surface area (Å²) in [4.78, 5) is 5.28. The summed E-state index contributed by atoms with van der Waals surface area (Å²) in [6.07, 6.45) is 1.74. The fourth-order valence-corrected chi connectivity index (χ4v) is 2.04. The van der Waals surface area contributed by atoms with Crippen LogP contribution in [-0.4, -0.2) is 4.98 Å². The van der Waals surface area contributed by atoms with E-state index in [0.717, 1.165) is 5.39 Å². The molecular formula is C10H14N2S. The molecule has 0 amide bonds. The zero-order valence-electron chi connectivity index (χ0n) is 8.16. The topological polar surface area (TPSA) is 38.9 Å². The summed E-state index contributed by atoms with van der Waals surface area (Å²) >= 11 is 1.75. The Hall–Kier alpha value is -1.09. The van der Waals surface area contributed by atoms with E-state index in [1.165, 1.54) is 9.58 Å². The van der Waals surface area contributed by atoms with E-state index in [9.17, 15) is 0 Å². The number of nitrogens with two attached hydrogens (primary N) is 1. The summed E-state index contributed by atoms with van der Waals surface area (Å²) in [5.41, 5.74) is 5.67. The Labute approximate surface area is 82.4 Å². The maximum Gasteiger partial charge on any atom is 0.132 e. The summed E-state index contributed by atoms with van der Waals surface area (Å²) < 4.78 is 1.22. The number of aromatic nitrogens is 1. The smallest absolute Gasteiger partial charge is 0.132 e. The van der Waals surface area contributed by atoms with Gasteiger partial charge < -0.3 is 5.73 Å². The molecule has 0 fully saturated rings. The van der Waals surface area contributed by atoms with Crippen molar-refractivity contribution in [2.45, 2.75) is 20.8 Å². The lowest BCUT2D eigenvalue weighted by Gasteiger charge is -1.91. The molecule has 2 nitrogen and oxygen atoms in total. The van der Waals surface area contributed by atoms with Crippen LogP contribution < -0.4 is 5.73 Å². The number of hydrogen-bond donors (Lipinski definition) is 1. The fraction of sp³-hybridized carbons (Fsp3) is 0.300. The Balaban J connectivity index is 0.000000396. The van der Waals surface area contributed by atoms with Gasteiger partial charge in [-0.1, -0.05) is 13.8 Å². The van der Waals surface area contributed by atoms with Crippen molar-refractivity contribution in [2.75, 3.05) is 5.73 Å². The van der Waals surface area contributed by atoms with Crippen LogP contribution in [0.2, 0.25) is 0 Å². The molecule has 13 heavy (non-hydrogen) atoms. The van der Waals surface area contributed by atoms with Gasteiger partial charge in [-0.3, -0.25) is 0 Å². The van der Waals surface area contributed by atoms with Crippen molar-refractivity contribution in [1.29, 1.82) is 0 Å². The lowest BCUT2D eigenvalue weighted by Crippen LogP contribution is -1.87. The molecule has 0 radical (unpaired) electrons. The molecule has 70 valence electrons. The van der Waals surface area contributed by atoms with Gasteiger partial charge in [0, 0.05) is 21.2 Å². The van der Waals surface area contributed by atoms with Gasteiger partial charge in [-0.2, -0.15) is 0 Å². The van der Waals surface area contributed by atoms with E-state index >= 15 is 0 Å². The van der Waals surface area contributed by atoms with Crippen LogP contribution in [-0.2, 0) is 0 Å². The van der Waals surface area contributed by atoms with E-state index in [2.05, 4.69) is 18.0 Å². The number of rotatable bonds is 0. The Bertz CT molecular complexity index is 393. The molecule has 0 aromatic carbocycles. The van der Waals surface area contributed by atoms with Gasteiger partial charge in [-0.25, -0.2) is 4.98 Å². The van der Waals surface area contributed by atoms with Gasteiger partial charge in [-0.05, 0) is 19.1 Å². The minimum atomic E-state index is 0.631. The summed E-state index contributed by atoms with van der Waals surface area (Å²) in [7, 11) is 0. The van der Waals surface area contributed by atoms with Gasteiger partial charge in [0.2, 0.25) is 0 Å². The molecule has 0 saturated carbocycles. The van der Waals surface area contributed by atoms with Crippen molar-refractivity contribution in [3.05, 3.63) is 23.2 Å². The molecular weight excluding hydrogens is 180 g/mol. The van der Waals surface area contributed by atoms with E-state index in [-0.39, 0.29) is 0 Å². The van der Waals surface area contributed by atoms with Crippen molar-refractivity contribution >= 4 is 27.2 Å². The van der Waals surface area contributed by atoms with Crippen LogP contribution in [0.5, 0.6) is 0 Å². The zero-order chi connectivity index (χ0) is 9.84. The lowest BCUT2D eigenvalue weighted by molar-refractivity contribution is 1.37. The number of thiophene rings is 1. The van der Waals surface area contributed by atoms with E-state index < -0.39 is 0 Å². The molecule has 2 heterocycles. The molecule has 0 bridgehead atoms. The monoisotopic (exact) mass is 194 g/mol. The molecule has 2 aromatic heterocycles. The van der Waals surface area contributed by atoms with Crippen molar-refractivity contribution < 1.29 is 0 Å². The summed E-state index contributed by atoms with van der Waals surface area (Å²) in [5.74, 6) is 0.631. The van der Waals surface area contributed by atoms with Crippen LogP contribution in [0, 0.1) is 6.92 Å². The zero-order valence-corrected chi connectivity index (χ0v) is 8.98. The van der Waals surface area contributed by atoms with Crippen LogP contribution in [0.15, 0.2) is 18.3 Å². The Morgan fingerprint density at radius 2 is 2.08 bits per heavy atom. The molecule has 3 heteroatoms. The largest absolute Gasteiger partial charge is 0.383 e. The molecule has 0 spiro atoms. The normalized spacial score (nSPS) is 9.46. The molecule has 2 aromatic rings. The second-order valence-corrected chi connectivity index (χ2v) is 3.75. The molecule has 0 aliphatic carbocycles. The predicted molar refractivity (Wildman–Crippen MR) is 60.1 cm³/mol. The Morgan fingerprint density at radius 1 is 1.38 bits per heavy atom. The highest BCUT2D eigenvalue weighted by molar-refractivity contribution is 7.19. The Kier molecular flexibility index (Phi) is 3.25. The average molecular weight is 194 g/mol. The molecule has 0 unspecified atom stereocenters. The van der Waals surface area contributed by atoms with Crippen LogP contribution in [0.4, 0.5) is 5.82 Å². The second-order valence-electron chi connectivity index (χ2n) is 2.47. The van der Waals surface area contributed by atoms with E-state index in [1.54, 1.807) is 17.5 Å². The molecule has 0 aliphatic heterocycles. The van der Waals surface area contributed by atoms with Crippen LogP contribution in [0.1, 0.15) is 18.7 Å². The molecule has 0 atom stereocenters. The number of hydrogen-bond acceptors (Lipinski definition) is 3. The second kappa shape index (κ2) is 4.23. The number of pyridine rings is 1. The molecule has 0 saturated heterocycles. The molecule has 0 aliphatic rings. The first kappa shape index (κ1) is 9.99. The lowest BCUT2D eigenvalue weighted by atomic mass is 10.3. The maximum absolute atomic E-state index is 5.67. The Morgan fingerprint density at radius 3 is 2.69 bits per heavy atom. The molecule has 2 N–H and O–H groups in total. The highest BCUT2D eigenvalue weighted by Gasteiger charge is 2.00. The van der Waals surface area contributed by atoms with Gasteiger partial charge >= 0.3 is 0 Å². The first-order valence-electron chi connectivity index (χ1n) is 4.38. The predicted octanol–water partition coefficient (Wildman–Crippen LogP) is 3.21. The first-order chi connectivity index (χ1) is 6.27. The highest BCUT2D eigenvalue weighted by atomic mass is 32.1. The number of fused-ring (bicyclic) bond motifs is 1. The standard InChI is InChI=1S/C8H8N2S.C2H6/c1-5-4-6-7(11-5)2-3-10-8(6)9;1-2/h2-4H,1H3,(H2,9,10);1-2H3. The van der Waals surface area contributed by atoms with Gasteiger partial charge in [0.15, 0.2) is 0 Å². The van der Waals surface area contributed by atoms with Crippen molar-refractivity contribution in [3.8, 4) is 0 Å². The maximum atomic E-state index is 5.67. The third-order valence-corrected chi connectivity index (χ3v) is 2.62. The van der Waals surface area contributed by atoms with E-state index in [4.69, 9.17) is 5.73 Å². The number of aryl methyl sites for hydroxylation is 1.